The summed E-state index contributed by atoms with van der Waals surface area (Å²) in [5.41, 5.74) is 1.64. The zero-order chi connectivity index (χ0) is 17.2. The van der Waals surface area contributed by atoms with Gasteiger partial charge in [0.2, 0.25) is 0 Å². The van der Waals surface area contributed by atoms with E-state index in [1.807, 2.05) is 30.3 Å². The lowest BCUT2D eigenvalue weighted by Crippen LogP contribution is -2.00. The van der Waals surface area contributed by atoms with E-state index in [4.69, 9.17) is 15.1 Å². The van der Waals surface area contributed by atoms with Crippen molar-refractivity contribution in [2.75, 3.05) is 6.61 Å². The largest absolute Gasteiger partial charge is 0.491 e. The molecule has 6 heteroatoms. The summed E-state index contributed by atoms with van der Waals surface area (Å²) in [7, 11) is 0. The van der Waals surface area contributed by atoms with Gasteiger partial charge in [-0.3, -0.25) is 4.79 Å². The van der Waals surface area contributed by atoms with E-state index in [1.165, 1.54) is 0 Å². The van der Waals surface area contributed by atoms with Crippen LogP contribution in [0.3, 0.4) is 0 Å². The molecule has 0 amide bonds. The Labute approximate surface area is 140 Å². The Bertz CT molecular complexity index is 752. The van der Waals surface area contributed by atoms with Gasteiger partial charge in [0.05, 0.1) is 23.9 Å². The second-order valence-electron chi connectivity index (χ2n) is 5.03. The smallest absolute Gasteiger partial charge is 0.303 e. The summed E-state index contributed by atoms with van der Waals surface area (Å²) in [6, 6.07) is 16.3. The molecule has 0 fully saturated rings. The molecule has 0 atom stereocenters. The van der Waals surface area contributed by atoms with Crippen LogP contribution in [0.25, 0.3) is 0 Å². The van der Waals surface area contributed by atoms with E-state index in [0.717, 1.165) is 0 Å². The highest BCUT2D eigenvalue weighted by Gasteiger charge is 2.06. The number of carboxylic acid groups (broad SMARTS) is 1. The van der Waals surface area contributed by atoms with Crippen LogP contribution >= 0.6 is 0 Å². The van der Waals surface area contributed by atoms with Gasteiger partial charge in [-0.05, 0) is 43.2 Å². The Kier molecular flexibility index (Phi) is 6.47. The van der Waals surface area contributed by atoms with Gasteiger partial charge in [-0.15, -0.1) is 5.11 Å². The molecule has 0 bridgehead atoms. The van der Waals surface area contributed by atoms with Crippen LogP contribution in [-0.2, 0) is 4.79 Å². The molecule has 2 rings (SSSR count). The van der Waals surface area contributed by atoms with Gasteiger partial charge >= 0.3 is 5.97 Å². The predicted octanol–water partition coefficient (Wildman–Crippen LogP) is 4.61. The highest BCUT2D eigenvalue weighted by Crippen LogP contribution is 2.30. The number of azo groups is 1. The number of hydrogen-bond acceptors (Lipinski definition) is 5. The number of carbonyl (C=O) groups is 1. The van der Waals surface area contributed by atoms with Gasteiger partial charge in [0, 0.05) is 6.42 Å². The molecule has 2 aromatic carbocycles. The highest BCUT2D eigenvalue weighted by molar-refractivity contribution is 5.66. The third-order valence-corrected chi connectivity index (χ3v) is 3.16. The molecular weight excluding hydrogens is 306 g/mol. The summed E-state index contributed by atoms with van der Waals surface area (Å²) in [5, 5.41) is 25.9. The first-order valence-corrected chi connectivity index (χ1v) is 7.54. The first-order chi connectivity index (χ1) is 11.7. The average Bonchev–Trinajstić information content (AvgIpc) is 2.61. The van der Waals surface area contributed by atoms with Gasteiger partial charge in [-0.25, -0.2) is 0 Å². The van der Waals surface area contributed by atoms with Gasteiger partial charge in [-0.1, -0.05) is 18.2 Å². The van der Waals surface area contributed by atoms with E-state index < -0.39 is 5.97 Å². The summed E-state index contributed by atoms with van der Waals surface area (Å²) in [5.74, 6) is -0.297. The molecule has 0 aromatic heterocycles. The van der Waals surface area contributed by atoms with Crippen molar-refractivity contribution in [2.24, 2.45) is 10.2 Å². The number of carboxylic acids is 1. The van der Waals surface area contributed by atoms with Crippen LogP contribution in [0, 0.1) is 11.3 Å². The van der Waals surface area contributed by atoms with Crippen molar-refractivity contribution in [1.82, 2.24) is 0 Å². The minimum absolute atomic E-state index is 0.122. The Balaban J connectivity index is 2.06. The van der Waals surface area contributed by atoms with Gasteiger partial charge < -0.3 is 9.84 Å². The molecule has 2 aromatic rings. The molecule has 122 valence electrons. The second-order valence-corrected chi connectivity index (χ2v) is 5.03. The fraction of sp³-hybridized carbons (Fsp3) is 0.222. The predicted molar refractivity (Wildman–Crippen MR) is 88.8 cm³/mol. The van der Waals surface area contributed by atoms with E-state index in [1.54, 1.807) is 18.2 Å². The molecule has 0 aliphatic carbocycles. The average molecular weight is 323 g/mol. The van der Waals surface area contributed by atoms with E-state index in [-0.39, 0.29) is 6.42 Å². The van der Waals surface area contributed by atoms with Gasteiger partial charge in [-0.2, -0.15) is 10.4 Å². The first kappa shape index (κ1) is 17.2. The van der Waals surface area contributed by atoms with Gasteiger partial charge in [0.25, 0.3) is 0 Å². The zero-order valence-electron chi connectivity index (χ0n) is 13.1. The van der Waals surface area contributed by atoms with Gasteiger partial charge in [0.15, 0.2) is 0 Å². The number of ether oxygens (including phenoxy) is 1. The van der Waals surface area contributed by atoms with Crippen LogP contribution in [-0.4, -0.2) is 17.7 Å². The van der Waals surface area contributed by atoms with Crippen molar-refractivity contribution < 1.29 is 14.6 Å². The van der Waals surface area contributed by atoms with E-state index in [0.29, 0.717) is 42.1 Å². The molecule has 0 unspecified atom stereocenters. The first-order valence-electron chi connectivity index (χ1n) is 7.54. The monoisotopic (exact) mass is 323 g/mol. The van der Waals surface area contributed by atoms with Gasteiger partial charge in [0.1, 0.15) is 11.4 Å². The quantitative estimate of drug-likeness (QED) is 0.567. The van der Waals surface area contributed by atoms with Crippen LogP contribution in [0.1, 0.15) is 24.8 Å². The fourth-order valence-electron chi connectivity index (χ4n) is 1.95. The normalized spacial score (nSPS) is 10.5. The van der Waals surface area contributed by atoms with E-state index in [9.17, 15) is 4.79 Å². The molecule has 0 radical (unpaired) electrons. The topological polar surface area (TPSA) is 95.0 Å². The molecule has 1 N–H and O–H groups in total. The highest BCUT2D eigenvalue weighted by atomic mass is 16.5. The number of nitriles is 1. The van der Waals surface area contributed by atoms with Crippen molar-refractivity contribution in [1.29, 1.82) is 5.26 Å². The van der Waals surface area contributed by atoms with E-state index in [2.05, 4.69) is 16.3 Å². The van der Waals surface area contributed by atoms with Crippen molar-refractivity contribution in [3.8, 4) is 11.8 Å². The maximum Gasteiger partial charge on any atom is 0.303 e. The minimum atomic E-state index is -0.814. The molecule has 0 heterocycles. The third kappa shape index (κ3) is 5.54. The molecular formula is C18H17N3O3. The van der Waals surface area contributed by atoms with Crippen LogP contribution in [0.15, 0.2) is 58.8 Å². The summed E-state index contributed by atoms with van der Waals surface area (Å²) in [4.78, 5) is 10.5. The van der Waals surface area contributed by atoms with E-state index >= 15 is 0 Å². The lowest BCUT2D eigenvalue weighted by Gasteiger charge is -2.08. The molecule has 6 nitrogen and oxygen atoms in total. The summed E-state index contributed by atoms with van der Waals surface area (Å²) >= 11 is 0. The Hall–Kier alpha value is -3.20. The lowest BCUT2D eigenvalue weighted by atomic mass is 10.2. The molecule has 0 aliphatic rings. The number of hydrogen-bond donors (Lipinski definition) is 1. The number of benzene rings is 2. The molecule has 0 aliphatic heterocycles. The summed E-state index contributed by atoms with van der Waals surface area (Å²) in [6.07, 6.45) is 1.30. The van der Waals surface area contributed by atoms with Crippen LogP contribution in [0.2, 0.25) is 0 Å². The van der Waals surface area contributed by atoms with Crippen molar-refractivity contribution in [3.05, 3.63) is 54.1 Å². The number of aliphatic carboxylic acids is 1. The van der Waals surface area contributed by atoms with Crippen molar-refractivity contribution >= 4 is 17.3 Å². The third-order valence-electron chi connectivity index (χ3n) is 3.16. The zero-order valence-corrected chi connectivity index (χ0v) is 13.1. The Morgan fingerprint density at radius 1 is 1.12 bits per heavy atom. The molecule has 0 saturated carbocycles. The minimum Gasteiger partial charge on any atom is -0.491 e. The van der Waals surface area contributed by atoms with Crippen LogP contribution in [0.5, 0.6) is 5.75 Å². The molecule has 0 saturated heterocycles. The standard InChI is InChI=1S/C18H17N3O3/c19-13-14-9-10-17(24-11-5-4-8-18(22)23)16(12-14)21-20-15-6-2-1-3-7-15/h1-3,6-7,9-10,12H,4-5,8,11H2,(H,22,23). The molecule has 24 heavy (non-hydrogen) atoms. The second kappa shape index (κ2) is 9.06. The number of nitrogens with zero attached hydrogens (tertiary/aromatic N) is 3. The summed E-state index contributed by atoms with van der Waals surface area (Å²) < 4.78 is 5.65. The maximum absolute atomic E-state index is 10.5. The number of unbranched alkanes of at least 4 members (excludes halogenated alkanes) is 1. The molecule has 0 spiro atoms. The van der Waals surface area contributed by atoms with Crippen molar-refractivity contribution in [3.63, 3.8) is 0 Å². The van der Waals surface area contributed by atoms with Crippen LogP contribution < -0.4 is 4.74 Å². The Morgan fingerprint density at radius 2 is 1.92 bits per heavy atom. The van der Waals surface area contributed by atoms with Crippen LogP contribution in [0.4, 0.5) is 11.4 Å². The fourth-order valence-corrected chi connectivity index (χ4v) is 1.95. The van der Waals surface area contributed by atoms with Crippen molar-refractivity contribution in [2.45, 2.75) is 19.3 Å². The lowest BCUT2D eigenvalue weighted by molar-refractivity contribution is -0.137. The number of rotatable bonds is 8. The maximum atomic E-state index is 10.5. The Morgan fingerprint density at radius 3 is 2.62 bits per heavy atom. The summed E-state index contributed by atoms with van der Waals surface area (Å²) in [6.45, 7) is 0.382. The SMILES string of the molecule is N#Cc1ccc(OCCCCC(=O)O)c(N=Nc2ccccc2)c1.